The van der Waals surface area contributed by atoms with Crippen molar-refractivity contribution in [2.24, 2.45) is 5.92 Å². The number of fused-ring (bicyclic) bond motifs is 1. The fourth-order valence-electron chi connectivity index (χ4n) is 3.32. The normalized spacial score (nSPS) is 27.4. The van der Waals surface area contributed by atoms with Crippen LogP contribution >= 0.6 is 0 Å². The lowest BCUT2D eigenvalue weighted by molar-refractivity contribution is 0.206. The van der Waals surface area contributed by atoms with Gasteiger partial charge in [-0.05, 0) is 36.5 Å². The summed E-state index contributed by atoms with van der Waals surface area (Å²) in [4.78, 5) is 2.17. The second-order valence-corrected chi connectivity index (χ2v) is 5.70. The van der Waals surface area contributed by atoms with Gasteiger partial charge in [-0.25, -0.2) is 4.39 Å². The summed E-state index contributed by atoms with van der Waals surface area (Å²) in [6.45, 7) is 3.07. The van der Waals surface area contributed by atoms with Gasteiger partial charge in [0.25, 0.3) is 0 Å². The highest BCUT2D eigenvalue weighted by molar-refractivity contribution is 6.00. The van der Waals surface area contributed by atoms with Crippen LogP contribution < -0.4 is 0 Å². The van der Waals surface area contributed by atoms with Crippen molar-refractivity contribution in [3.63, 3.8) is 0 Å². The van der Waals surface area contributed by atoms with E-state index >= 15 is 0 Å². The molecule has 96 valence electrons. The maximum atomic E-state index is 13.3. The van der Waals surface area contributed by atoms with E-state index in [0.29, 0.717) is 11.9 Å². The number of halogens is 1. The summed E-state index contributed by atoms with van der Waals surface area (Å²) < 4.78 is 13.3. The molecule has 0 saturated heterocycles. The molecule has 2 nitrogen and oxygen atoms in total. The van der Waals surface area contributed by atoms with Crippen molar-refractivity contribution in [1.82, 2.24) is 4.90 Å². The Morgan fingerprint density at radius 2 is 2.17 bits per heavy atom. The number of nitrogens with zero attached hydrogens (tertiary/aromatic N) is 1. The molecule has 2 atom stereocenters. The Labute approximate surface area is 107 Å². The molecule has 1 heterocycles. The van der Waals surface area contributed by atoms with Gasteiger partial charge in [-0.2, -0.15) is 0 Å². The summed E-state index contributed by atoms with van der Waals surface area (Å²) in [6.07, 6.45) is 4.89. The first-order valence-electron chi connectivity index (χ1n) is 6.79. The Morgan fingerprint density at radius 3 is 2.94 bits per heavy atom. The van der Waals surface area contributed by atoms with Gasteiger partial charge in [0, 0.05) is 18.2 Å². The topological polar surface area (TPSA) is 27.1 Å². The fourth-order valence-corrected chi connectivity index (χ4v) is 3.32. The van der Waals surface area contributed by atoms with Crippen molar-refractivity contribution in [3.8, 4) is 0 Å². The monoisotopic (exact) mass is 246 g/mol. The summed E-state index contributed by atoms with van der Waals surface area (Å²) in [7, 11) is 0. The molecule has 0 radical (unpaired) electrons. The van der Waals surface area contributed by atoms with E-state index in [9.17, 15) is 4.39 Å². The number of benzene rings is 1. The van der Waals surface area contributed by atoms with Gasteiger partial charge in [-0.15, -0.1) is 0 Å². The molecule has 0 spiro atoms. The van der Waals surface area contributed by atoms with Gasteiger partial charge in [-0.3, -0.25) is 5.41 Å². The molecule has 1 fully saturated rings. The van der Waals surface area contributed by atoms with Gasteiger partial charge < -0.3 is 4.90 Å². The zero-order valence-electron chi connectivity index (χ0n) is 10.7. The van der Waals surface area contributed by atoms with Crippen molar-refractivity contribution in [2.75, 3.05) is 0 Å². The van der Waals surface area contributed by atoms with Crippen molar-refractivity contribution >= 4 is 5.84 Å². The zero-order valence-corrected chi connectivity index (χ0v) is 10.7. The van der Waals surface area contributed by atoms with Crippen LogP contribution in [0.3, 0.4) is 0 Å². The predicted octanol–water partition coefficient (Wildman–Crippen LogP) is 3.55. The fraction of sp³-hybridized carbons (Fsp3) is 0.533. The van der Waals surface area contributed by atoms with Crippen LogP contribution in [0.2, 0.25) is 0 Å². The number of nitrogens with one attached hydrogen (secondary N) is 1. The van der Waals surface area contributed by atoms with E-state index in [1.54, 1.807) is 0 Å². The minimum Gasteiger partial charge on any atom is -0.349 e. The Morgan fingerprint density at radius 1 is 1.33 bits per heavy atom. The molecule has 1 saturated carbocycles. The van der Waals surface area contributed by atoms with Gasteiger partial charge in [0.15, 0.2) is 0 Å². The van der Waals surface area contributed by atoms with Crippen molar-refractivity contribution in [2.45, 2.75) is 45.2 Å². The van der Waals surface area contributed by atoms with Crippen molar-refractivity contribution in [1.29, 1.82) is 5.41 Å². The minimum atomic E-state index is -0.239. The molecular formula is C15H19FN2. The highest BCUT2D eigenvalue weighted by Crippen LogP contribution is 2.33. The van der Waals surface area contributed by atoms with Crippen LogP contribution in [0.15, 0.2) is 18.2 Å². The maximum Gasteiger partial charge on any atom is 0.129 e. The average Bonchev–Trinajstić information content (AvgIpc) is 2.67. The van der Waals surface area contributed by atoms with Gasteiger partial charge >= 0.3 is 0 Å². The van der Waals surface area contributed by atoms with Gasteiger partial charge in [-0.1, -0.05) is 25.8 Å². The molecule has 0 bridgehead atoms. The van der Waals surface area contributed by atoms with E-state index in [2.05, 4.69) is 11.8 Å². The molecule has 1 aromatic carbocycles. The SMILES string of the molecule is CC1CCCC(N2Cc3ccc(F)cc3C2=N)C1. The van der Waals surface area contributed by atoms with E-state index in [-0.39, 0.29) is 5.82 Å². The van der Waals surface area contributed by atoms with Gasteiger partial charge in [0.1, 0.15) is 11.7 Å². The summed E-state index contributed by atoms with van der Waals surface area (Å²) in [5.41, 5.74) is 1.88. The van der Waals surface area contributed by atoms with Crippen LogP contribution in [0.1, 0.15) is 43.7 Å². The molecule has 3 heteroatoms. The highest BCUT2D eigenvalue weighted by Gasteiger charge is 2.32. The van der Waals surface area contributed by atoms with Crippen LogP contribution in [0.25, 0.3) is 0 Å². The standard InChI is InChI=1S/C15H19FN2/c1-10-3-2-4-13(7-10)18-9-11-5-6-12(16)8-14(11)15(18)17/h5-6,8,10,13,17H,2-4,7,9H2,1H3. The van der Waals surface area contributed by atoms with E-state index in [1.165, 1.54) is 37.8 Å². The lowest BCUT2D eigenvalue weighted by atomic mass is 9.86. The lowest BCUT2D eigenvalue weighted by Crippen LogP contribution is -2.38. The molecule has 18 heavy (non-hydrogen) atoms. The summed E-state index contributed by atoms with van der Waals surface area (Å²) in [5, 5.41) is 8.25. The van der Waals surface area contributed by atoms with Crippen molar-refractivity contribution < 1.29 is 4.39 Å². The Hall–Kier alpha value is -1.38. The molecule has 1 aliphatic heterocycles. The first-order valence-corrected chi connectivity index (χ1v) is 6.79. The number of amidine groups is 1. The van der Waals surface area contributed by atoms with E-state index in [0.717, 1.165) is 23.6 Å². The van der Waals surface area contributed by atoms with Gasteiger partial charge in [0.05, 0.1) is 0 Å². The number of hydrogen-bond acceptors (Lipinski definition) is 1. The van der Waals surface area contributed by atoms with E-state index < -0.39 is 0 Å². The Balaban J connectivity index is 1.83. The molecule has 1 aliphatic carbocycles. The largest absolute Gasteiger partial charge is 0.349 e. The molecule has 1 aromatic rings. The van der Waals surface area contributed by atoms with Crippen LogP contribution in [-0.4, -0.2) is 16.8 Å². The lowest BCUT2D eigenvalue weighted by Gasteiger charge is -2.35. The minimum absolute atomic E-state index is 0.239. The molecule has 0 aromatic heterocycles. The molecule has 2 unspecified atom stereocenters. The van der Waals surface area contributed by atoms with Crippen molar-refractivity contribution in [3.05, 3.63) is 35.1 Å². The Bertz CT molecular complexity index is 483. The molecule has 2 aliphatic rings. The maximum absolute atomic E-state index is 13.3. The van der Waals surface area contributed by atoms with Crippen LogP contribution in [0, 0.1) is 17.1 Å². The van der Waals surface area contributed by atoms with Crippen LogP contribution in [-0.2, 0) is 6.54 Å². The third kappa shape index (κ3) is 1.92. The summed E-state index contributed by atoms with van der Waals surface area (Å²) in [6, 6.07) is 5.30. The second kappa shape index (κ2) is 4.38. The summed E-state index contributed by atoms with van der Waals surface area (Å²) >= 11 is 0. The van der Waals surface area contributed by atoms with Crippen LogP contribution in [0.4, 0.5) is 4.39 Å². The van der Waals surface area contributed by atoms with Crippen LogP contribution in [0.5, 0.6) is 0 Å². The van der Waals surface area contributed by atoms with E-state index in [4.69, 9.17) is 5.41 Å². The first kappa shape index (κ1) is 11.7. The molecular weight excluding hydrogens is 227 g/mol. The first-order chi connectivity index (χ1) is 8.65. The third-order valence-electron chi connectivity index (χ3n) is 4.30. The summed E-state index contributed by atoms with van der Waals surface area (Å²) in [5.74, 6) is 1.03. The zero-order chi connectivity index (χ0) is 12.7. The highest BCUT2D eigenvalue weighted by atomic mass is 19.1. The molecule has 3 rings (SSSR count). The van der Waals surface area contributed by atoms with E-state index in [1.807, 2.05) is 6.07 Å². The Kier molecular flexibility index (Phi) is 2.84. The smallest absolute Gasteiger partial charge is 0.129 e. The second-order valence-electron chi connectivity index (χ2n) is 5.70. The molecule has 1 N–H and O–H groups in total. The molecule has 0 amide bonds. The number of rotatable bonds is 1. The van der Waals surface area contributed by atoms with Gasteiger partial charge in [0.2, 0.25) is 0 Å². The quantitative estimate of drug-likeness (QED) is 0.806. The third-order valence-corrected chi connectivity index (χ3v) is 4.30. The average molecular weight is 246 g/mol. The predicted molar refractivity (Wildman–Crippen MR) is 70.2 cm³/mol. The number of hydrogen-bond donors (Lipinski definition) is 1.